The molecule has 0 aliphatic heterocycles. The van der Waals surface area contributed by atoms with Crippen molar-refractivity contribution in [2.75, 3.05) is 0 Å². The smallest absolute Gasteiger partial charge is 0.127 e. The zero-order valence-corrected chi connectivity index (χ0v) is 10.7. The predicted molar refractivity (Wildman–Crippen MR) is 73.9 cm³/mol. The molecule has 0 unspecified atom stereocenters. The van der Waals surface area contributed by atoms with Gasteiger partial charge in [0.1, 0.15) is 11.5 Å². The van der Waals surface area contributed by atoms with Crippen LogP contribution in [0.1, 0.15) is 18.4 Å². The first-order valence-electron chi connectivity index (χ1n) is 6.53. The minimum atomic E-state index is -0.0815. The minimum absolute atomic E-state index is 0.0815. The van der Waals surface area contributed by atoms with Crippen LogP contribution in [0.3, 0.4) is 0 Å². The fourth-order valence-electron chi connectivity index (χ4n) is 2.17. The van der Waals surface area contributed by atoms with Gasteiger partial charge in [0, 0.05) is 0 Å². The highest BCUT2D eigenvalue weighted by atomic mass is 16.5. The summed E-state index contributed by atoms with van der Waals surface area (Å²) >= 11 is 0. The summed E-state index contributed by atoms with van der Waals surface area (Å²) in [6, 6.07) is 20.2. The van der Waals surface area contributed by atoms with Gasteiger partial charge in [0.25, 0.3) is 0 Å². The Balaban J connectivity index is 1.68. The Labute approximate surface area is 113 Å². The number of rotatable bonds is 4. The molecule has 2 aromatic rings. The molecule has 0 heterocycles. The number of para-hydroxylation sites is 1. The normalized spacial score (nSPS) is 15.5. The van der Waals surface area contributed by atoms with E-state index in [4.69, 9.17) is 10.00 Å². The van der Waals surface area contributed by atoms with Gasteiger partial charge in [-0.3, -0.25) is 0 Å². The standard InChI is InChI=1S/C17H15NO/c18-13-17(10-11-17)12-14-6-8-16(9-7-14)19-15-4-2-1-3-5-15/h1-9H,10-12H2. The number of hydrogen-bond donors (Lipinski definition) is 0. The topological polar surface area (TPSA) is 33.0 Å². The van der Waals surface area contributed by atoms with Crippen molar-refractivity contribution in [3.05, 3.63) is 60.2 Å². The summed E-state index contributed by atoms with van der Waals surface area (Å²) in [6.07, 6.45) is 2.92. The van der Waals surface area contributed by atoms with Crippen LogP contribution in [0, 0.1) is 16.7 Å². The van der Waals surface area contributed by atoms with Crippen molar-refractivity contribution < 1.29 is 4.74 Å². The molecule has 0 bridgehead atoms. The van der Waals surface area contributed by atoms with Crippen LogP contribution in [0.4, 0.5) is 0 Å². The maximum absolute atomic E-state index is 9.09. The van der Waals surface area contributed by atoms with Crippen molar-refractivity contribution in [3.8, 4) is 17.6 Å². The quantitative estimate of drug-likeness (QED) is 0.808. The summed E-state index contributed by atoms with van der Waals surface area (Å²) in [5, 5.41) is 9.09. The summed E-state index contributed by atoms with van der Waals surface area (Å²) in [6.45, 7) is 0. The average Bonchev–Trinajstić information content (AvgIpc) is 3.23. The largest absolute Gasteiger partial charge is 0.457 e. The first-order chi connectivity index (χ1) is 9.30. The van der Waals surface area contributed by atoms with Gasteiger partial charge in [0.05, 0.1) is 11.5 Å². The van der Waals surface area contributed by atoms with Gasteiger partial charge >= 0.3 is 0 Å². The molecule has 94 valence electrons. The molecule has 0 spiro atoms. The molecular weight excluding hydrogens is 234 g/mol. The van der Waals surface area contributed by atoms with Gasteiger partial charge in [0.2, 0.25) is 0 Å². The number of nitrogens with zero attached hydrogens (tertiary/aromatic N) is 1. The van der Waals surface area contributed by atoms with Crippen molar-refractivity contribution in [2.24, 2.45) is 5.41 Å². The maximum Gasteiger partial charge on any atom is 0.127 e. The van der Waals surface area contributed by atoms with Gasteiger partial charge in [0.15, 0.2) is 0 Å². The van der Waals surface area contributed by atoms with Gasteiger partial charge in [-0.05, 0) is 49.1 Å². The highest BCUT2D eigenvalue weighted by Gasteiger charge is 2.42. The molecule has 0 N–H and O–H groups in total. The lowest BCUT2D eigenvalue weighted by molar-refractivity contribution is 0.482. The van der Waals surface area contributed by atoms with Crippen LogP contribution in [0.25, 0.3) is 0 Å². The van der Waals surface area contributed by atoms with Gasteiger partial charge in [-0.15, -0.1) is 0 Å². The van der Waals surface area contributed by atoms with Crippen LogP contribution in [0.2, 0.25) is 0 Å². The second-order valence-corrected chi connectivity index (χ2v) is 5.13. The zero-order chi connectivity index (χ0) is 13.1. The average molecular weight is 249 g/mol. The van der Waals surface area contributed by atoms with E-state index in [0.717, 1.165) is 30.8 Å². The molecule has 0 saturated heterocycles. The Kier molecular flexibility index (Phi) is 2.97. The molecule has 0 aromatic heterocycles. The molecule has 19 heavy (non-hydrogen) atoms. The lowest BCUT2D eigenvalue weighted by Gasteiger charge is -2.08. The van der Waals surface area contributed by atoms with Crippen molar-refractivity contribution in [2.45, 2.75) is 19.3 Å². The highest BCUT2D eigenvalue weighted by Crippen LogP contribution is 2.47. The molecule has 2 nitrogen and oxygen atoms in total. The lowest BCUT2D eigenvalue weighted by Crippen LogP contribution is -2.00. The molecule has 0 radical (unpaired) electrons. The SMILES string of the molecule is N#CC1(Cc2ccc(Oc3ccccc3)cc2)CC1. The molecular formula is C17H15NO. The minimum Gasteiger partial charge on any atom is -0.457 e. The molecule has 2 aromatic carbocycles. The number of benzene rings is 2. The van der Waals surface area contributed by atoms with Gasteiger partial charge in [-0.2, -0.15) is 5.26 Å². The van der Waals surface area contributed by atoms with E-state index in [1.165, 1.54) is 5.56 Å². The third kappa shape index (κ3) is 2.77. The van der Waals surface area contributed by atoms with Crippen molar-refractivity contribution in [3.63, 3.8) is 0 Å². The maximum atomic E-state index is 9.09. The molecule has 0 amide bonds. The second kappa shape index (κ2) is 4.78. The van der Waals surface area contributed by atoms with Gasteiger partial charge in [-0.1, -0.05) is 30.3 Å². The molecule has 1 aliphatic carbocycles. The van der Waals surface area contributed by atoms with Gasteiger partial charge < -0.3 is 4.74 Å². The Hall–Kier alpha value is -2.27. The van der Waals surface area contributed by atoms with E-state index < -0.39 is 0 Å². The van der Waals surface area contributed by atoms with Crippen LogP contribution in [0.5, 0.6) is 11.5 Å². The van der Waals surface area contributed by atoms with E-state index in [2.05, 4.69) is 18.2 Å². The third-order valence-electron chi connectivity index (χ3n) is 3.54. The van der Waals surface area contributed by atoms with E-state index in [1.54, 1.807) is 0 Å². The van der Waals surface area contributed by atoms with Crippen molar-refractivity contribution in [1.82, 2.24) is 0 Å². The van der Waals surface area contributed by atoms with Crippen LogP contribution in [-0.2, 0) is 6.42 Å². The Morgan fingerprint density at radius 1 is 0.947 bits per heavy atom. The predicted octanol–water partition coefficient (Wildman–Crippen LogP) is 4.33. The van der Waals surface area contributed by atoms with E-state index in [1.807, 2.05) is 42.5 Å². The Morgan fingerprint density at radius 2 is 1.58 bits per heavy atom. The van der Waals surface area contributed by atoms with E-state index in [9.17, 15) is 0 Å². The van der Waals surface area contributed by atoms with E-state index in [-0.39, 0.29) is 5.41 Å². The fourth-order valence-corrected chi connectivity index (χ4v) is 2.17. The fraction of sp³-hybridized carbons (Fsp3) is 0.235. The summed E-state index contributed by atoms with van der Waals surface area (Å²) in [4.78, 5) is 0. The Morgan fingerprint density at radius 3 is 2.16 bits per heavy atom. The first-order valence-corrected chi connectivity index (χ1v) is 6.53. The van der Waals surface area contributed by atoms with Crippen molar-refractivity contribution >= 4 is 0 Å². The molecule has 3 rings (SSSR count). The summed E-state index contributed by atoms with van der Waals surface area (Å²) in [5.74, 6) is 1.67. The number of ether oxygens (including phenoxy) is 1. The number of nitriles is 1. The second-order valence-electron chi connectivity index (χ2n) is 5.13. The summed E-state index contributed by atoms with van der Waals surface area (Å²) < 4.78 is 5.74. The Bertz CT molecular complexity index is 591. The molecule has 1 fully saturated rings. The van der Waals surface area contributed by atoms with E-state index in [0.29, 0.717) is 0 Å². The molecule has 1 aliphatic rings. The monoisotopic (exact) mass is 249 g/mol. The molecule has 0 atom stereocenters. The van der Waals surface area contributed by atoms with Crippen LogP contribution in [0.15, 0.2) is 54.6 Å². The summed E-state index contributed by atoms with van der Waals surface area (Å²) in [7, 11) is 0. The van der Waals surface area contributed by atoms with Gasteiger partial charge in [-0.25, -0.2) is 0 Å². The van der Waals surface area contributed by atoms with Crippen LogP contribution in [-0.4, -0.2) is 0 Å². The highest BCUT2D eigenvalue weighted by molar-refractivity contribution is 5.34. The van der Waals surface area contributed by atoms with Crippen LogP contribution >= 0.6 is 0 Å². The zero-order valence-electron chi connectivity index (χ0n) is 10.7. The van der Waals surface area contributed by atoms with E-state index >= 15 is 0 Å². The lowest BCUT2D eigenvalue weighted by atomic mass is 9.98. The molecule has 2 heteroatoms. The first kappa shape index (κ1) is 11.8. The van der Waals surface area contributed by atoms with Crippen LogP contribution < -0.4 is 4.74 Å². The summed E-state index contributed by atoms with van der Waals surface area (Å²) in [5.41, 5.74) is 1.13. The van der Waals surface area contributed by atoms with Crippen molar-refractivity contribution in [1.29, 1.82) is 5.26 Å². The molecule has 1 saturated carbocycles. The third-order valence-corrected chi connectivity index (χ3v) is 3.54. The number of hydrogen-bond acceptors (Lipinski definition) is 2.